The predicted molar refractivity (Wildman–Crippen MR) is 85.3 cm³/mol. The van der Waals surface area contributed by atoms with E-state index in [1.807, 2.05) is 18.7 Å². The van der Waals surface area contributed by atoms with E-state index in [1.54, 1.807) is 0 Å². The highest BCUT2D eigenvalue weighted by Gasteiger charge is 2.23. The van der Waals surface area contributed by atoms with Crippen LogP contribution in [-0.2, 0) is 29.6 Å². The van der Waals surface area contributed by atoms with E-state index in [9.17, 15) is 13.2 Å². The summed E-state index contributed by atoms with van der Waals surface area (Å²) in [6.07, 6.45) is 0.644. The van der Waals surface area contributed by atoms with Gasteiger partial charge in [0, 0.05) is 25.4 Å². The Labute approximate surface area is 139 Å². The summed E-state index contributed by atoms with van der Waals surface area (Å²) in [5.74, 6) is 1.26. The lowest BCUT2D eigenvalue weighted by molar-refractivity contribution is 0.215. The summed E-state index contributed by atoms with van der Waals surface area (Å²) < 4.78 is 36.2. The number of aromatic amines is 1. The van der Waals surface area contributed by atoms with Gasteiger partial charge in [-0.15, -0.1) is 0 Å². The minimum atomic E-state index is -4.34. The van der Waals surface area contributed by atoms with Gasteiger partial charge < -0.3 is 9.40 Å². The molecule has 0 aromatic carbocycles. The number of fused-ring (bicyclic) bond motifs is 1. The molecule has 3 rings (SSSR count). The second-order valence-corrected chi connectivity index (χ2v) is 7.54. The molecule has 0 saturated heterocycles. The lowest BCUT2D eigenvalue weighted by Gasteiger charge is -2.27. The number of nitrogens with one attached hydrogen (secondary N) is 1. The maximum absolute atomic E-state index is 12.3. The summed E-state index contributed by atoms with van der Waals surface area (Å²) in [6, 6.07) is 2.72. The molecule has 0 bridgehead atoms. The first-order valence-electron chi connectivity index (χ1n) is 7.64. The molecule has 1 aliphatic rings. The SMILES string of the molecule is CC(C)c1nc2c(c(=O)[nH]1)CN(Cc1ccc(S(=O)(=O)O)o1)CC2. The first-order chi connectivity index (χ1) is 11.2. The zero-order valence-corrected chi connectivity index (χ0v) is 14.3. The third-order valence-corrected chi connectivity index (χ3v) is 4.71. The van der Waals surface area contributed by atoms with Gasteiger partial charge in [-0.2, -0.15) is 8.42 Å². The highest BCUT2D eigenvalue weighted by molar-refractivity contribution is 7.85. The van der Waals surface area contributed by atoms with E-state index >= 15 is 0 Å². The fourth-order valence-electron chi connectivity index (χ4n) is 2.71. The van der Waals surface area contributed by atoms with Gasteiger partial charge in [-0.3, -0.25) is 14.2 Å². The molecule has 0 spiro atoms. The number of rotatable bonds is 4. The summed E-state index contributed by atoms with van der Waals surface area (Å²) in [7, 11) is -4.34. The van der Waals surface area contributed by atoms with E-state index in [-0.39, 0.29) is 11.5 Å². The molecule has 0 unspecified atom stereocenters. The van der Waals surface area contributed by atoms with Crippen LogP contribution >= 0.6 is 0 Å². The minimum Gasteiger partial charge on any atom is -0.446 e. The number of furan rings is 1. The van der Waals surface area contributed by atoms with Crippen molar-refractivity contribution in [2.24, 2.45) is 0 Å². The van der Waals surface area contributed by atoms with E-state index in [4.69, 9.17) is 8.97 Å². The van der Waals surface area contributed by atoms with E-state index < -0.39 is 15.2 Å². The number of aromatic nitrogens is 2. The zero-order valence-electron chi connectivity index (χ0n) is 13.4. The van der Waals surface area contributed by atoms with Gasteiger partial charge in [-0.25, -0.2) is 4.98 Å². The van der Waals surface area contributed by atoms with Crippen molar-refractivity contribution < 1.29 is 17.4 Å². The lowest BCUT2D eigenvalue weighted by Crippen LogP contribution is -2.35. The van der Waals surface area contributed by atoms with Gasteiger partial charge in [0.1, 0.15) is 11.6 Å². The highest BCUT2D eigenvalue weighted by Crippen LogP contribution is 2.20. The molecule has 1 aliphatic heterocycles. The molecule has 0 radical (unpaired) electrons. The van der Waals surface area contributed by atoms with Crippen LogP contribution in [0, 0.1) is 0 Å². The fourth-order valence-corrected chi connectivity index (χ4v) is 3.16. The average Bonchev–Trinajstić information content (AvgIpc) is 2.96. The molecule has 2 aromatic heterocycles. The Morgan fingerprint density at radius 2 is 2.17 bits per heavy atom. The molecule has 0 atom stereocenters. The van der Waals surface area contributed by atoms with Gasteiger partial charge in [-0.1, -0.05) is 13.8 Å². The predicted octanol–water partition coefficient (Wildman–Crippen LogP) is 1.29. The maximum Gasteiger partial charge on any atom is 0.328 e. The van der Waals surface area contributed by atoms with Gasteiger partial charge in [0.05, 0.1) is 17.8 Å². The Morgan fingerprint density at radius 1 is 1.42 bits per heavy atom. The van der Waals surface area contributed by atoms with Crippen molar-refractivity contribution in [1.29, 1.82) is 0 Å². The van der Waals surface area contributed by atoms with Crippen LogP contribution in [0.15, 0.2) is 26.4 Å². The summed E-state index contributed by atoms with van der Waals surface area (Å²) in [4.78, 5) is 21.6. The first kappa shape index (κ1) is 16.9. The van der Waals surface area contributed by atoms with Crippen molar-refractivity contribution in [2.45, 2.75) is 44.4 Å². The molecule has 24 heavy (non-hydrogen) atoms. The van der Waals surface area contributed by atoms with Crippen LogP contribution in [0.3, 0.4) is 0 Å². The molecule has 0 amide bonds. The van der Waals surface area contributed by atoms with Crippen LogP contribution in [0.25, 0.3) is 0 Å². The average molecular weight is 353 g/mol. The smallest absolute Gasteiger partial charge is 0.328 e. The Hall–Kier alpha value is -1.97. The molecule has 2 N–H and O–H groups in total. The lowest BCUT2D eigenvalue weighted by atomic mass is 10.1. The Bertz CT molecular complexity index is 913. The largest absolute Gasteiger partial charge is 0.446 e. The summed E-state index contributed by atoms with van der Waals surface area (Å²) in [6.45, 7) is 5.40. The third kappa shape index (κ3) is 3.42. The van der Waals surface area contributed by atoms with Crippen LogP contribution in [-0.4, -0.2) is 34.4 Å². The minimum absolute atomic E-state index is 0.133. The molecule has 8 nitrogen and oxygen atoms in total. The van der Waals surface area contributed by atoms with Crippen LogP contribution in [0.2, 0.25) is 0 Å². The standard InChI is InChI=1S/C15H19N3O5S/c1-9(2)14-16-12-5-6-18(8-11(12)15(19)17-14)7-10-3-4-13(23-10)24(20,21)22/h3-4,9H,5-8H2,1-2H3,(H,16,17,19)(H,20,21,22). The Balaban J connectivity index is 1.78. The topological polar surface area (TPSA) is 116 Å². The second kappa shape index (κ2) is 6.15. The van der Waals surface area contributed by atoms with Gasteiger partial charge in [-0.05, 0) is 12.1 Å². The molecular weight excluding hydrogens is 334 g/mol. The van der Waals surface area contributed by atoms with Gasteiger partial charge in [0.2, 0.25) is 5.09 Å². The summed E-state index contributed by atoms with van der Waals surface area (Å²) in [5, 5.41) is -0.476. The van der Waals surface area contributed by atoms with Gasteiger partial charge >= 0.3 is 10.1 Å². The maximum atomic E-state index is 12.3. The van der Waals surface area contributed by atoms with Crippen LogP contribution in [0.1, 0.15) is 42.6 Å². The van der Waals surface area contributed by atoms with Crippen molar-refractivity contribution in [3.05, 3.63) is 45.3 Å². The summed E-state index contributed by atoms with van der Waals surface area (Å²) in [5.41, 5.74) is 1.32. The second-order valence-electron chi connectivity index (χ2n) is 6.19. The van der Waals surface area contributed by atoms with Crippen molar-refractivity contribution in [1.82, 2.24) is 14.9 Å². The molecule has 0 saturated carbocycles. The highest BCUT2D eigenvalue weighted by atomic mass is 32.2. The van der Waals surface area contributed by atoms with E-state index in [0.29, 0.717) is 43.2 Å². The Kier molecular flexibility index (Phi) is 4.33. The number of hydrogen-bond donors (Lipinski definition) is 2. The summed E-state index contributed by atoms with van der Waals surface area (Å²) >= 11 is 0. The molecular formula is C15H19N3O5S. The quantitative estimate of drug-likeness (QED) is 0.796. The van der Waals surface area contributed by atoms with Crippen LogP contribution < -0.4 is 5.56 Å². The number of H-pyrrole nitrogens is 1. The first-order valence-corrected chi connectivity index (χ1v) is 9.08. The molecule has 2 aromatic rings. The van der Waals surface area contributed by atoms with Crippen molar-refractivity contribution in [3.63, 3.8) is 0 Å². The molecule has 130 valence electrons. The molecule has 9 heteroatoms. The molecule has 3 heterocycles. The normalized spacial score (nSPS) is 15.7. The van der Waals surface area contributed by atoms with Gasteiger partial charge in [0.15, 0.2) is 0 Å². The molecule has 0 aliphatic carbocycles. The van der Waals surface area contributed by atoms with Crippen molar-refractivity contribution >= 4 is 10.1 Å². The van der Waals surface area contributed by atoms with Crippen molar-refractivity contribution in [3.8, 4) is 0 Å². The monoisotopic (exact) mass is 353 g/mol. The van der Waals surface area contributed by atoms with E-state index in [1.165, 1.54) is 12.1 Å². The number of nitrogens with zero attached hydrogens (tertiary/aromatic N) is 2. The molecule has 0 fully saturated rings. The van der Waals surface area contributed by atoms with E-state index in [2.05, 4.69) is 9.97 Å². The van der Waals surface area contributed by atoms with Crippen LogP contribution in [0.4, 0.5) is 0 Å². The van der Waals surface area contributed by atoms with E-state index in [0.717, 1.165) is 5.69 Å². The van der Waals surface area contributed by atoms with Crippen molar-refractivity contribution in [2.75, 3.05) is 6.54 Å². The van der Waals surface area contributed by atoms with Gasteiger partial charge in [0.25, 0.3) is 5.56 Å². The zero-order chi connectivity index (χ0) is 17.5. The third-order valence-electron chi connectivity index (χ3n) is 3.98. The Morgan fingerprint density at radius 3 is 2.79 bits per heavy atom. The van der Waals surface area contributed by atoms with Crippen LogP contribution in [0.5, 0.6) is 0 Å². The fraction of sp³-hybridized carbons (Fsp3) is 0.467. The number of hydrogen-bond acceptors (Lipinski definition) is 6.